The second-order valence-corrected chi connectivity index (χ2v) is 10.9. The number of carbonyl (C=O) groups excluding carboxylic acids is 1. The first-order valence-electron chi connectivity index (χ1n) is 11.5. The van der Waals surface area contributed by atoms with Crippen LogP contribution in [-0.2, 0) is 14.4 Å². The first-order valence-corrected chi connectivity index (χ1v) is 11.8. The Morgan fingerprint density at radius 3 is 2.68 bits per heavy atom. The summed E-state index contributed by atoms with van der Waals surface area (Å²) in [5.74, 6) is 0.225. The summed E-state index contributed by atoms with van der Waals surface area (Å²) in [6, 6.07) is 4.96. The van der Waals surface area contributed by atoms with Crippen LogP contribution in [-0.4, -0.2) is 46.9 Å². The molecule has 1 aromatic carbocycles. The summed E-state index contributed by atoms with van der Waals surface area (Å²) in [4.78, 5) is 18.4. The van der Waals surface area contributed by atoms with Gasteiger partial charge in [0.05, 0.1) is 17.9 Å². The van der Waals surface area contributed by atoms with Crippen molar-refractivity contribution in [3.63, 3.8) is 0 Å². The molecular weight excluding hydrogens is 477 g/mol. The highest BCUT2D eigenvalue weighted by molar-refractivity contribution is 6.30. The van der Waals surface area contributed by atoms with Crippen LogP contribution in [0.5, 0.6) is 5.75 Å². The van der Waals surface area contributed by atoms with Gasteiger partial charge in [0, 0.05) is 40.3 Å². The number of nitrogens with zero attached hydrogens (tertiary/aromatic N) is 1. The highest BCUT2D eigenvalue weighted by Crippen LogP contribution is 2.69. The van der Waals surface area contributed by atoms with Crippen LogP contribution in [0, 0.1) is 11.3 Å². The number of fused-ring (bicyclic) bond motifs is 1. The number of nitrogens with one attached hydrogen (secondary N) is 1. The van der Waals surface area contributed by atoms with E-state index in [0.29, 0.717) is 35.6 Å². The molecule has 0 radical (unpaired) electrons. The Bertz CT molecular complexity index is 1040. The van der Waals surface area contributed by atoms with Gasteiger partial charge in [-0.15, -0.1) is 13.2 Å². The molecule has 4 saturated carbocycles. The Labute approximate surface area is 198 Å². The van der Waals surface area contributed by atoms with E-state index in [0.717, 1.165) is 25.0 Å². The predicted molar refractivity (Wildman–Crippen MR) is 113 cm³/mol. The van der Waals surface area contributed by atoms with Gasteiger partial charge in [0.25, 0.3) is 5.91 Å². The minimum atomic E-state index is -4.60. The molecule has 7 rings (SSSR count). The van der Waals surface area contributed by atoms with Gasteiger partial charge in [0.2, 0.25) is 0 Å². The van der Waals surface area contributed by atoms with Crippen molar-refractivity contribution in [3.05, 3.63) is 28.8 Å². The molecule has 2 heterocycles. The Morgan fingerprint density at radius 2 is 1.97 bits per heavy atom. The molecule has 2 aliphatic heterocycles. The highest BCUT2D eigenvalue weighted by atomic mass is 35.5. The molecule has 11 heteroatoms. The summed E-state index contributed by atoms with van der Waals surface area (Å²) >= 11 is 5.98. The van der Waals surface area contributed by atoms with Gasteiger partial charge in [0.15, 0.2) is 6.10 Å². The molecule has 1 amide bonds. The minimum absolute atomic E-state index is 0.0160. The molecule has 3 atom stereocenters. The van der Waals surface area contributed by atoms with Crippen molar-refractivity contribution in [2.75, 3.05) is 0 Å². The van der Waals surface area contributed by atoms with Crippen LogP contribution in [0.1, 0.15) is 56.6 Å². The minimum Gasteiger partial charge on any atom is -0.480 e. The lowest BCUT2D eigenvalue weighted by molar-refractivity contribution is -0.356. The largest absolute Gasteiger partial charge is 0.522 e. The summed E-state index contributed by atoms with van der Waals surface area (Å²) in [5, 5.41) is 18.3. The van der Waals surface area contributed by atoms with Gasteiger partial charge in [-0.25, -0.2) is 0 Å². The van der Waals surface area contributed by atoms with E-state index in [1.807, 2.05) is 0 Å². The van der Waals surface area contributed by atoms with Crippen LogP contribution in [0.4, 0.5) is 13.2 Å². The van der Waals surface area contributed by atoms with Gasteiger partial charge in [-0.1, -0.05) is 16.8 Å². The Morgan fingerprint density at radius 1 is 1.24 bits per heavy atom. The van der Waals surface area contributed by atoms with Crippen LogP contribution in [0.3, 0.4) is 0 Å². The lowest BCUT2D eigenvalue weighted by Crippen LogP contribution is -2.77. The number of halogens is 4. The number of oxime groups is 1. The fraction of sp³-hybridized carbons (Fsp3) is 0.652. The molecule has 4 aliphatic carbocycles. The molecule has 1 unspecified atom stereocenters. The number of aliphatic hydroxyl groups excluding tert-OH is 1. The van der Waals surface area contributed by atoms with Crippen molar-refractivity contribution in [3.8, 4) is 5.75 Å². The first-order chi connectivity index (χ1) is 16.0. The number of carbonyl (C=O) groups is 1. The third-order valence-corrected chi connectivity index (χ3v) is 8.25. The van der Waals surface area contributed by atoms with E-state index in [-0.39, 0.29) is 35.3 Å². The zero-order valence-corrected chi connectivity index (χ0v) is 18.9. The maximum Gasteiger partial charge on any atom is 0.522 e. The first kappa shape index (κ1) is 22.4. The molecule has 2 N–H and O–H groups in total. The number of ether oxygens (including phenoxy) is 2. The Kier molecular flexibility index (Phi) is 4.93. The Hall–Kier alpha value is -2.04. The second kappa shape index (κ2) is 7.48. The third kappa shape index (κ3) is 3.74. The average Bonchev–Trinajstić information content (AvgIpc) is 3.14. The Balaban J connectivity index is 0.988. The second-order valence-electron chi connectivity index (χ2n) is 10.4. The van der Waals surface area contributed by atoms with Crippen molar-refractivity contribution >= 4 is 23.2 Å². The van der Waals surface area contributed by atoms with Gasteiger partial charge in [-0.05, 0) is 50.3 Å². The molecule has 34 heavy (non-hydrogen) atoms. The van der Waals surface area contributed by atoms with E-state index < -0.39 is 24.7 Å². The smallest absolute Gasteiger partial charge is 0.480 e. The normalized spacial score (nSPS) is 39.9. The topological polar surface area (TPSA) is 89.4 Å². The number of aliphatic hydroxyl groups is 1. The zero-order chi connectivity index (χ0) is 23.9. The van der Waals surface area contributed by atoms with Crippen LogP contribution in [0.2, 0.25) is 5.02 Å². The van der Waals surface area contributed by atoms with Crippen LogP contribution in [0.15, 0.2) is 23.4 Å². The molecule has 7 nitrogen and oxygen atoms in total. The summed E-state index contributed by atoms with van der Waals surface area (Å²) in [5.41, 5.74) is 1.14. The van der Waals surface area contributed by atoms with Crippen molar-refractivity contribution in [1.29, 1.82) is 0 Å². The molecule has 184 valence electrons. The maximum atomic E-state index is 12.9. The molecule has 1 aromatic rings. The van der Waals surface area contributed by atoms with E-state index in [1.54, 1.807) is 18.2 Å². The highest BCUT2D eigenvalue weighted by Gasteiger charge is 2.71. The van der Waals surface area contributed by atoms with Crippen LogP contribution >= 0.6 is 11.6 Å². The van der Waals surface area contributed by atoms with E-state index in [2.05, 4.69) is 15.2 Å². The summed E-state index contributed by atoms with van der Waals surface area (Å²) in [7, 11) is 0. The molecule has 4 fully saturated rings. The van der Waals surface area contributed by atoms with E-state index in [1.165, 1.54) is 0 Å². The van der Waals surface area contributed by atoms with E-state index in [4.69, 9.17) is 21.2 Å². The summed E-state index contributed by atoms with van der Waals surface area (Å²) in [6.07, 6.45) is -3.52. The van der Waals surface area contributed by atoms with Crippen molar-refractivity contribution < 1.29 is 37.4 Å². The molecule has 6 aliphatic rings. The number of hydrogen-bond acceptors (Lipinski definition) is 6. The van der Waals surface area contributed by atoms with Gasteiger partial charge >= 0.3 is 6.36 Å². The number of benzene rings is 1. The van der Waals surface area contributed by atoms with Crippen LogP contribution < -0.4 is 10.1 Å². The van der Waals surface area contributed by atoms with Crippen LogP contribution in [0.25, 0.3) is 0 Å². The molecule has 2 bridgehead atoms. The fourth-order valence-corrected chi connectivity index (χ4v) is 6.49. The maximum absolute atomic E-state index is 12.9. The summed E-state index contributed by atoms with van der Waals surface area (Å²) < 4.78 is 46.8. The molecule has 0 spiro atoms. The average molecular weight is 501 g/mol. The monoisotopic (exact) mass is 500 g/mol. The summed E-state index contributed by atoms with van der Waals surface area (Å²) in [6.45, 7) is 0. The number of hydrogen-bond donors (Lipinski definition) is 2. The zero-order valence-electron chi connectivity index (χ0n) is 18.1. The predicted octanol–water partition coefficient (Wildman–Crippen LogP) is 4.02. The van der Waals surface area contributed by atoms with Gasteiger partial charge in [-0.2, -0.15) is 0 Å². The molecular formula is C23H24ClF3N2O5. The third-order valence-electron chi connectivity index (χ3n) is 8.01. The quantitative estimate of drug-likeness (QED) is 0.637. The number of rotatable bonds is 5. The van der Waals surface area contributed by atoms with Crippen molar-refractivity contribution in [2.45, 2.75) is 81.3 Å². The SMILES string of the molecule is O=C(NC12CC(C3=NOC(C4CC(OC(F)(F)F)C4)C3)(C1)C2)[C@H]1C[C@@H](O)c2cc(Cl)ccc2O1. The number of alkyl halides is 3. The standard InChI is InChI=1S/C23H24ClF3N2O5/c24-12-1-2-16-14(5-12)15(30)6-18(32-16)20(31)28-22-8-21(9-22,10-22)19-7-17(34-29-19)11-3-13(4-11)33-23(25,26)27/h1-2,5,11,13,15,17-18,30H,3-4,6-10H2,(H,28,31)/t11?,13?,15-,17?,18-,21?,22?/m1/s1. The fourth-order valence-electron chi connectivity index (χ4n) is 6.30. The van der Waals surface area contributed by atoms with Gasteiger partial charge in [0.1, 0.15) is 11.9 Å². The lowest BCUT2D eigenvalue weighted by atomic mass is 9.37. The van der Waals surface area contributed by atoms with E-state index >= 15 is 0 Å². The van der Waals surface area contributed by atoms with Crippen molar-refractivity contribution in [1.82, 2.24) is 5.32 Å². The van der Waals surface area contributed by atoms with Gasteiger partial charge < -0.3 is 20.0 Å². The number of amides is 1. The lowest BCUT2D eigenvalue weighted by Gasteiger charge is -2.70. The van der Waals surface area contributed by atoms with E-state index in [9.17, 15) is 23.1 Å². The molecule has 0 saturated heterocycles. The molecule has 0 aromatic heterocycles. The van der Waals surface area contributed by atoms with Crippen molar-refractivity contribution in [2.24, 2.45) is 16.5 Å². The van der Waals surface area contributed by atoms with Gasteiger partial charge in [-0.3, -0.25) is 9.53 Å².